The van der Waals surface area contributed by atoms with Crippen LogP contribution in [0.25, 0.3) is 10.8 Å². The molecule has 0 spiro atoms. The molecule has 3 aromatic carbocycles. The molecule has 1 unspecified atom stereocenters. The van der Waals surface area contributed by atoms with Crippen molar-refractivity contribution in [3.05, 3.63) is 77.9 Å². The van der Waals surface area contributed by atoms with Crippen molar-refractivity contribution in [3.63, 3.8) is 0 Å². The second kappa shape index (κ2) is 10.1. The van der Waals surface area contributed by atoms with Gasteiger partial charge in [-0.3, -0.25) is 4.79 Å². The molecule has 0 aromatic heterocycles. The van der Waals surface area contributed by atoms with Crippen molar-refractivity contribution in [3.8, 4) is 11.8 Å². The van der Waals surface area contributed by atoms with Gasteiger partial charge in [-0.15, -0.1) is 0 Å². The standard InChI is InChI=1S/C29H32N2O2/c1-29(21-30,28(32)31-19-10-4-3-5-11-20-31)27(25-16-8-9-18-26(25)33-2)24-17-12-14-22-13-6-7-15-23(22)24/h6-9,12-18,27H,3-5,10-11,19-20H2,1-2H3/t27?,29-/m1/s1. The van der Waals surface area contributed by atoms with Crippen LogP contribution in [0.15, 0.2) is 66.7 Å². The molecule has 0 saturated carbocycles. The third kappa shape index (κ3) is 4.46. The van der Waals surface area contributed by atoms with Gasteiger partial charge < -0.3 is 9.64 Å². The number of benzene rings is 3. The van der Waals surface area contributed by atoms with Crippen molar-refractivity contribution in [1.29, 1.82) is 5.26 Å². The van der Waals surface area contributed by atoms with Crippen molar-refractivity contribution in [2.45, 2.75) is 44.9 Å². The third-order valence-corrected chi connectivity index (χ3v) is 6.98. The third-order valence-electron chi connectivity index (χ3n) is 6.98. The number of nitrogens with zero attached hydrogens (tertiary/aromatic N) is 2. The lowest BCUT2D eigenvalue weighted by atomic mass is 9.68. The van der Waals surface area contributed by atoms with Crippen LogP contribution in [0.5, 0.6) is 5.75 Å². The lowest BCUT2D eigenvalue weighted by Crippen LogP contribution is -2.46. The Hall–Kier alpha value is -3.32. The van der Waals surface area contributed by atoms with Gasteiger partial charge in [0.25, 0.3) is 0 Å². The highest BCUT2D eigenvalue weighted by atomic mass is 16.5. The monoisotopic (exact) mass is 440 g/mol. The van der Waals surface area contributed by atoms with Crippen molar-refractivity contribution in [2.75, 3.05) is 20.2 Å². The Labute approximate surface area is 196 Å². The summed E-state index contributed by atoms with van der Waals surface area (Å²) in [5.41, 5.74) is 0.556. The summed E-state index contributed by atoms with van der Waals surface area (Å²) >= 11 is 0. The Kier molecular flexibility index (Phi) is 6.99. The number of likely N-dealkylation sites (tertiary alicyclic amines) is 1. The molecule has 4 heteroatoms. The van der Waals surface area contributed by atoms with Crippen LogP contribution in [0.2, 0.25) is 0 Å². The molecule has 0 N–H and O–H groups in total. The molecule has 4 nitrogen and oxygen atoms in total. The molecular formula is C29H32N2O2. The molecule has 2 atom stereocenters. The van der Waals surface area contributed by atoms with Crippen LogP contribution in [0.3, 0.4) is 0 Å². The van der Waals surface area contributed by atoms with E-state index in [1.807, 2.05) is 54.3 Å². The Balaban J connectivity index is 1.91. The van der Waals surface area contributed by atoms with Crippen molar-refractivity contribution < 1.29 is 9.53 Å². The van der Waals surface area contributed by atoms with Gasteiger partial charge in [0.15, 0.2) is 0 Å². The van der Waals surface area contributed by atoms with Crippen LogP contribution in [0.4, 0.5) is 0 Å². The normalized spacial score (nSPS) is 17.3. The number of carbonyl (C=O) groups is 1. The maximum Gasteiger partial charge on any atom is 0.243 e. The zero-order valence-corrected chi connectivity index (χ0v) is 19.6. The van der Waals surface area contributed by atoms with E-state index in [2.05, 4.69) is 30.3 Å². The first-order chi connectivity index (χ1) is 16.1. The minimum absolute atomic E-state index is 0.0873. The van der Waals surface area contributed by atoms with Crippen LogP contribution in [0.1, 0.15) is 56.1 Å². The molecule has 0 aliphatic carbocycles. The van der Waals surface area contributed by atoms with Crippen LogP contribution < -0.4 is 4.74 Å². The van der Waals surface area contributed by atoms with E-state index < -0.39 is 11.3 Å². The lowest BCUT2D eigenvalue weighted by molar-refractivity contribution is -0.139. The van der Waals surface area contributed by atoms with E-state index in [9.17, 15) is 10.1 Å². The average Bonchev–Trinajstić information content (AvgIpc) is 2.84. The van der Waals surface area contributed by atoms with E-state index in [0.717, 1.165) is 47.6 Å². The number of fused-ring (bicyclic) bond motifs is 1. The van der Waals surface area contributed by atoms with Crippen LogP contribution in [-0.4, -0.2) is 31.0 Å². The van der Waals surface area contributed by atoms with Gasteiger partial charge in [-0.1, -0.05) is 79.9 Å². The zero-order valence-electron chi connectivity index (χ0n) is 19.6. The summed E-state index contributed by atoms with van der Waals surface area (Å²) in [6.07, 6.45) is 5.46. The molecule has 1 aliphatic rings. The summed E-state index contributed by atoms with van der Waals surface area (Å²) in [6.45, 7) is 3.24. The van der Waals surface area contributed by atoms with Gasteiger partial charge in [0.05, 0.1) is 13.2 Å². The molecule has 1 heterocycles. The predicted molar refractivity (Wildman–Crippen MR) is 132 cm³/mol. The second-order valence-corrected chi connectivity index (χ2v) is 9.12. The number of carbonyl (C=O) groups excluding carboxylic acids is 1. The van der Waals surface area contributed by atoms with E-state index in [1.165, 1.54) is 6.42 Å². The first kappa shape index (κ1) is 22.9. The van der Waals surface area contributed by atoms with Gasteiger partial charge in [-0.2, -0.15) is 5.26 Å². The molecule has 1 fully saturated rings. The Bertz CT molecular complexity index is 1150. The number of nitriles is 1. The summed E-state index contributed by atoms with van der Waals surface area (Å²) in [4.78, 5) is 16.0. The fourth-order valence-corrected chi connectivity index (χ4v) is 5.21. The quantitative estimate of drug-likeness (QED) is 0.468. The Morgan fingerprint density at radius 1 is 0.909 bits per heavy atom. The summed E-state index contributed by atoms with van der Waals surface area (Å²) in [5, 5.41) is 12.7. The number of amides is 1. The van der Waals surface area contributed by atoms with Gasteiger partial charge >= 0.3 is 0 Å². The van der Waals surface area contributed by atoms with E-state index in [1.54, 1.807) is 7.11 Å². The molecule has 1 amide bonds. The maximum absolute atomic E-state index is 14.1. The van der Waals surface area contributed by atoms with Crippen molar-refractivity contribution >= 4 is 16.7 Å². The summed E-state index contributed by atoms with van der Waals surface area (Å²) in [5.74, 6) is 0.135. The average molecular weight is 441 g/mol. The highest BCUT2D eigenvalue weighted by Gasteiger charge is 2.47. The lowest BCUT2D eigenvalue weighted by Gasteiger charge is -2.37. The fraction of sp³-hybridized carbons (Fsp3) is 0.379. The highest BCUT2D eigenvalue weighted by molar-refractivity contribution is 5.91. The molecule has 4 rings (SSSR count). The summed E-state index contributed by atoms with van der Waals surface area (Å²) < 4.78 is 5.73. The van der Waals surface area contributed by atoms with Gasteiger partial charge in [0, 0.05) is 24.6 Å². The largest absolute Gasteiger partial charge is 0.496 e. The topological polar surface area (TPSA) is 53.3 Å². The molecule has 1 aliphatic heterocycles. The minimum atomic E-state index is -1.28. The SMILES string of the molecule is COc1ccccc1C(c1cccc2ccccc12)[C@@](C)(C#N)C(=O)N1CCCCCCC1. The van der Waals surface area contributed by atoms with Crippen LogP contribution >= 0.6 is 0 Å². The number of methoxy groups -OCH3 is 1. The molecule has 170 valence electrons. The molecule has 0 bridgehead atoms. The molecule has 3 aromatic rings. The minimum Gasteiger partial charge on any atom is -0.496 e. The Morgan fingerprint density at radius 3 is 2.24 bits per heavy atom. The number of rotatable bonds is 5. The van der Waals surface area contributed by atoms with Crippen molar-refractivity contribution in [1.82, 2.24) is 4.90 Å². The van der Waals surface area contributed by atoms with E-state index in [0.29, 0.717) is 18.8 Å². The van der Waals surface area contributed by atoms with Gasteiger partial charge in [0.2, 0.25) is 5.91 Å². The van der Waals surface area contributed by atoms with E-state index in [-0.39, 0.29) is 5.91 Å². The van der Waals surface area contributed by atoms with Gasteiger partial charge in [0.1, 0.15) is 11.2 Å². The van der Waals surface area contributed by atoms with Crippen molar-refractivity contribution in [2.24, 2.45) is 5.41 Å². The van der Waals surface area contributed by atoms with E-state index >= 15 is 0 Å². The number of para-hydroxylation sites is 1. The van der Waals surface area contributed by atoms with E-state index in [4.69, 9.17) is 4.74 Å². The number of ether oxygens (including phenoxy) is 1. The number of hydrogen-bond donors (Lipinski definition) is 0. The van der Waals surface area contributed by atoms with Crippen LogP contribution in [0, 0.1) is 16.7 Å². The van der Waals surface area contributed by atoms with Crippen LogP contribution in [-0.2, 0) is 4.79 Å². The Morgan fingerprint density at radius 2 is 1.52 bits per heavy atom. The smallest absolute Gasteiger partial charge is 0.243 e. The first-order valence-electron chi connectivity index (χ1n) is 11.9. The van der Waals surface area contributed by atoms with Gasteiger partial charge in [-0.05, 0) is 42.2 Å². The first-order valence-corrected chi connectivity index (χ1v) is 11.9. The fourth-order valence-electron chi connectivity index (χ4n) is 5.21. The summed E-state index contributed by atoms with van der Waals surface area (Å²) in [7, 11) is 1.64. The zero-order chi connectivity index (χ0) is 23.3. The van der Waals surface area contributed by atoms with Gasteiger partial charge in [-0.25, -0.2) is 0 Å². The number of hydrogen-bond acceptors (Lipinski definition) is 3. The summed E-state index contributed by atoms with van der Waals surface area (Å²) in [6, 6.07) is 24.6. The molecular weight excluding hydrogens is 408 g/mol. The molecule has 0 radical (unpaired) electrons. The molecule has 33 heavy (non-hydrogen) atoms. The highest BCUT2D eigenvalue weighted by Crippen LogP contribution is 2.47. The maximum atomic E-state index is 14.1. The second-order valence-electron chi connectivity index (χ2n) is 9.12. The predicted octanol–water partition coefficient (Wildman–Crippen LogP) is 6.30. The molecule has 1 saturated heterocycles.